The molecule has 7 unspecified atom stereocenters. The third-order valence-corrected chi connectivity index (χ3v) is 10.1. The zero-order valence-corrected chi connectivity index (χ0v) is 28.5. The fraction of sp³-hybridized carbons (Fsp3) is 0.919. The maximum absolute atomic E-state index is 11.7. The molecule has 0 bridgehead atoms. The number of cyclic esters (lactones) is 1. The van der Waals surface area contributed by atoms with Gasteiger partial charge in [0.25, 0.3) is 0 Å². The van der Waals surface area contributed by atoms with Crippen LogP contribution >= 0.6 is 0 Å². The van der Waals surface area contributed by atoms with E-state index >= 15 is 0 Å². The second kappa shape index (κ2) is 21.8. The fourth-order valence-electron chi connectivity index (χ4n) is 7.29. The summed E-state index contributed by atoms with van der Waals surface area (Å²) in [4.78, 5) is 11.7. The SMILES string of the molecule is CCCCCCCCCCC(O)C1CCC(C(O)CCC(O)C2CCC(CCCCCCC[C@H](O)CC3=C[C@@H](C)OC3=O)O2)O1. The number of esters is 1. The van der Waals surface area contributed by atoms with Gasteiger partial charge in [-0.15, -0.1) is 0 Å². The normalized spacial score (nSPS) is 27.8. The molecule has 0 aromatic rings. The van der Waals surface area contributed by atoms with Gasteiger partial charge in [0, 0.05) is 12.0 Å². The minimum Gasteiger partial charge on any atom is -0.455 e. The molecule has 8 heteroatoms. The summed E-state index contributed by atoms with van der Waals surface area (Å²) in [5, 5.41) is 42.4. The molecule has 8 nitrogen and oxygen atoms in total. The Kier molecular flexibility index (Phi) is 18.6. The molecular weight excluding hydrogens is 572 g/mol. The number of hydrogen-bond acceptors (Lipinski definition) is 8. The second-order valence-electron chi connectivity index (χ2n) is 14.2. The molecule has 3 heterocycles. The summed E-state index contributed by atoms with van der Waals surface area (Å²) in [6, 6.07) is 0. The van der Waals surface area contributed by atoms with Gasteiger partial charge in [0.15, 0.2) is 0 Å². The van der Waals surface area contributed by atoms with Crippen LogP contribution in [-0.4, -0.2) is 81.3 Å². The predicted octanol–water partition coefficient (Wildman–Crippen LogP) is 6.83. The first-order chi connectivity index (χ1) is 21.8. The highest BCUT2D eigenvalue weighted by Crippen LogP contribution is 2.31. The van der Waals surface area contributed by atoms with Crippen LogP contribution in [0, 0.1) is 0 Å². The lowest BCUT2D eigenvalue weighted by Gasteiger charge is -2.24. The van der Waals surface area contributed by atoms with E-state index in [1.807, 2.05) is 6.92 Å². The van der Waals surface area contributed by atoms with Crippen LogP contribution in [-0.2, 0) is 19.0 Å². The molecule has 3 aliphatic heterocycles. The first-order valence-corrected chi connectivity index (χ1v) is 18.7. The Hall–Kier alpha value is -1.03. The Morgan fingerprint density at radius 1 is 0.667 bits per heavy atom. The molecule has 45 heavy (non-hydrogen) atoms. The van der Waals surface area contributed by atoms with Gasteiger partial charge in [-0.3, -0.25) is 0 Å². The lowest BCUT2D eigenvalue weighted by atomic mass is 9.98. The van der Waals surface area contributed by atoms with E-state index in [1.54, 1.807) is 6.08 Å². The Morgan fingerprint density at radius 3 is 1.78 bits per heavy atom. The van der Waals surface area contributed by atoms with E-state index in [1.165, 1.54) is 38.5 Å². The molecule has 0 aromatic heterocycles. The number of carbonyl (C=O) groups is 1. The monoisotopic (exact) mass is 638 g/mol. The van der Waals surface area contributed by atoms with Crippen LogP contribution in [0.1, 0.15) is 162 Å². The Balaban J connectivity index is 1.16. The lowest BCUT2D eigenvalue weighted by molar-refractivity contribution is -0.139. The van der Waals surface area contributed by atoms with Gasteiger partial charge in [0.05, 0.1) is 48.8 Å². The van der Waals surface area contributed by atoms with Gasteiger partial charge in [-0.2, -0.15) is 0 Å². The number of ether oxygens (including phenoxy) is 3. The van der Waals surface area contributed by atoms with Gasteiger partial charge in [0.2, 0.25) is 0 Å². The summed E-state index contributed by atoms with van der Waals surface area (Å²) in [5.74, 6) is -0.295. The number of unbranched alkanes of at least 4 members (excludes halogenated alkanes) is 11. The van der Waals surface area contributed by atoms with E-state index in [2.05, 4.69) is 6.92 Å². The van der Waals surface area contributed by atoms with Crippen LogP contribution in [0.3, 0.4) is 0 Å². The molecule has 0 amide bonds. The predicted molar refractivity (Wildman–Crippen MR) is 177 cm³/mol. The summed E-state index contributed by atoms with van der Waals surface area (Å²) in [6.07, 6.45) is 21.6. The number of aliphatic hydroxyl groups is 4. The second-order valence-corrected chi connectivity index (χ2v) is 14.2. The molecule has 262 valence electrons. The van der Waals surface area contributed by atoms with Crippen LogP contribution < -0.4 is 0 Å². The Morgan fingerprint density at radius 2 is 1.18 bits per heavy atom. The van der Waals surface area contributed by atoms with Crippen LogP contribution in [0.15, 0.2) is 11.6 Å². The highest BCUT2D eigenvalue weighted by Gasteiger charge is 2.36. The van der Waals surface area contributed by atoms with Crippen LogP contribution in [0.25, 0.3) is 0 Å². The van der Waals surface area contributed by atoms with E-state index < -0.39 is 24.4 Å². The lowest BCUT2D eigenvalue weighted by Crippen LogP contribution is -2.33. The summed E-state index contributed by atoms with van der Waals surface area (Å²) >= 11 is 0. The summed E-state index contributed by atoms with van der Waals surface area (Å²) in [6.45, 7) is 4.07. The average Bonchev–Trinajstić information content (AvgIpc) is 3.77. The number of rotatable bonds is 25. The van der Waals surface area contributed by atoms with Gasteiger partial charge >= 0.3 is 5.97 Å². The maximum atomic E-state index is 11.7. The molecule has 0 saturated carbocycles. The molecule has 9 atom stereocenters. The number of carbonyl (C=O) groups excluding carboxylic acids is 1. The topological polar surface area (TPSA) is 126 Å². The quantitative estimate of drug-likeness (QED) is 0.0634. The standard InChI is InChI=1S/C37H66O8/c1-3-4-5-6-7-8-12-15-18-31(39)35-23-24-36(45-35)33(41)21-20-32(40)34-22-19-30(44-34)17-14-11-9-10-13-16-29(38)26-28-25-27(2)43-37(28)42/h25,27,29-36,38-41H,3-24,26H2,1-2H3/t27-,29+,30?,31?,32?,33?,34?,35?,36?/m1/s1. The van der Waals surface area contributed by atoms with Crippen LogP contribution in [0.5, 0.6) is 0 Å². The van der Waals surface area contributed by atoms with Crippen molar-refractivity contribution in [3.05, 3.63) is 11.6 Å². The van der Waals surface area contributed by atoms with E-state index in [0.29, 0.717) is 31.3 Å². The van der Waals surface area contributed by atoms with Crippen molar-refractivity contribution < 1.29 is 39.4 Å². The molecule has 0 radical (unpaired) electrons. The van der Waals surface area contributed by atoms with Gasteiger partial charge in [-0.25, -0.2) is 4.79 Å². The highest BCUT2D eigenvalue weighted by molar-refractivity contribution is 5.90. The molecule has 2 fully saturated rings. The largest absolute Gasteiger partial charge is 0.455 e. The van der Waals surface area contributed by atoms with Crippen molar-refractivity contribution in [2.24, 2.45) is 0 Å². The van der Waals surface area contributed by atoms with Crippen LogP contribution in [0.2, 0.25) is 0 Å². The van der Waals surface area contributed by atoms with Crippen molar-refractivity contribution in [2.45, 2.75) is 216 Å². The van der Waals surface area contributed by atoms with Crippen LogP contribution in [0.4, 0.5) is 0 Å². The summed E-state index contributed by atoms with van der Waals surface area (Å²) in [7, 11) is 0. The Labute approximate surface area is 273 Å². The minimum absolute atomic E-state index is 0.162. The van der Waals surface area contributed by atoms with Crippen molar-refractivity contribution >= 4 is 5.97 Å². The van der Waals surface area contributed by atoms with Gasteiger partial charge in [-0.1, -0.05) is 90.4 Å². The van der Waals surface area contributed by atoms with E-state index in [0.717, 1.165) is 83.5 Å². The molecule has 2 saturated heterocycles. The van der Waals surface area contributed by atoms with Crippen molar-refractivity contribution in [3.8, 4) is 0 Å². The van der Waals surface area contributed by atoms with Gasteiger partial charge < -0.3 is 34.6 Å². The maximum Gasteiger partial charge on any atom is 0.334 e. The van der Waals surface area contributed by atoms with Crippen molar-refractivity contribution in [2.75, 3.05) is 0 Å². The summed E-state index contributed by atoms with van der Waals surface area (Å²) in [5.41, 5.74) is 0.600. The van der Waals surface area contributed by atoms with Gasteiger partial charge in [0.1, 0.15) is 6.10 Å². The van der Waals surface area contributed by atoms with E-state index in [4.69, 9.17) is 14.2 Å². The molecule has 3 aliphatic rings. The van der Waals surface area contributed by atoms with E-state index in [9.17, 15) is 25.2 Å². The van der Waals surface area contributed by atoms with Crippen molar-refractivity contribution in [3.63, 3.8) is 0 Å². The zero-order chi connectivity index (χ0) is 32.4. The molecule has 0 aromatic carbocycles. The van der Waals surface area contributed by atoms with E-state index in [-0.39, 0.29) is 36.5 Å². The number of hydrogen-bond donors (Lipinski definition) is 4. The van der Waals surface area contributed by atoms with Crippen molar-refractivity contribution in [1.29, 1.82) is 0 Å². The van der Waals surface area contributed by atoms with Gasteiger partial charge in [-0.05, 0) is 70.8 Å². The summed E-state index contributed by atoms with van der Waals surface area (Å²) < 4.78 is 17.3. The Bertz CT molecular complexity index is 833. The third-order valence-electron chi connectivity index (χ3n) is 10.1. The first-order valence-electron chi connectivity index (χ1n) is 18.7. The average molecular weight is 639 g/mol. The molecule has 0 spiro atoms. The number of aliphatic hydroxyl groups excluding tert-OH is 4. The molecule has 0 aliphatic carbocycles. The fourth-order valence-corrected chi connectivity index (χ4v) is 7.29. The highest BCUT2D eigenvalue weighted by atomic mass is 16.5. The smallest absolute Gasteiger partial charge is 0.334 e. The molecular formula is C37H66O8. The molecule has 4 N–H and O–H groups in total. The zero-order valence-electron chi connectivity index (χ0n) is 28.5. The van der Waals surface area contributed by atoms with Crippen molar-refractivity contribution in [1.82, 2.24) is 0 Å². The minimum atomic E-state index is -0.627. The third kappa shape index (κ3) is 14.7. The molecule has 3 rings (SSSR count). The first kappa shape index (κ1) is 38.4.